The number of amides is 1. The largest absolute Gasteiger partial charge is 0.480 e. The van der Waals surface area contributed by atoms with Crippen molar-refractivity contribution in [3.05, 3.63) is 41.9 Å². The monoisotopic (exact) mass is 288 g/mol. The summed E-state index contributed by atoms with van der Waals surface area (Å²) in [6, 6.07) is 8.14. The molecule has 6 nitrogen and oxygen atoms in total. The average molecular weight is 288 g/mol. The van der Waals surface area contributed by atoms with Crippen molar-refractivity contribution in [3.63, 3.8) is 0 Å². The fourth-order valence-corrected chi connectivity index (χ4v) is 1.93. The fraction of sp³-hybridized carbons (Fsp3) is 0.267. The molecule has 110 valence electrons. The highest BCUT2D eigenvalue weighted by Gasteiger charge is 2.24. The predicted octanol–water partition coefficient (Wildman–Crippen LogP) is 2.24. The van der Waals surface area contributed by atoms with Crippen LogP contribution in [0.3, 0.4) is 0 Å². The van der Waals surface area contributed by atoms with Crippen molar-refractivity contribution in [2.45, 2.75) is 26.3 Å². The predicted molar refractivity (Wildman–Crippen MR) is 75.9 cm³/mol. The smallest absolute Gasteiger partial charge is 0.326 e. The summed E-state index contributed by atoms with van der Waals surface area (Å²) >= 11 is 0. The van der Waals surface area contributed by atoms with E-state index < -0.39 is 17.9 Å². The molecule has 6 heteroatoms. The number of benzene rings is 1. The zero-order valence-electron chi connectivity index (χ0n) is 11.8. The molecule has 0 saturated heterocycles. The van der Waals surface area contributed by atoms with Crippen molar-refractivity contribution in [1.29, 1.82) is 0 Å². The van der Waals surface area contributed by atoms with Gasteiger partial charge in [0.2, 0.25) is 0 Å². The minimum absolute atomic E-state index is 0.0957. The number of oxazole rings is 1. The lowest BCUT2D eigenvalue weighted by Gasteiger charge is -2.11. The van der Waals surface area contributed by atoms with Gasteiger partial charge in [-0.15, -0.1) is 0 Å². The van der Waals surface area contributed by atoms with Gasteiger partial charge >= 0.3 is 5.97 Å². The minimum Gasteiger partial charge on any atom is -0.480 e. The SMILES string of the molecule is CC[C@@H](NC(=O)c1nc(C)oc1-c1ccccc1)C(=O)O. The second kappa shape index (κ2) is 6.21. The summed E-state index contributed by atoms with van der Waals surface area (Å²) < 4.78 is 5.48. The fourth-order valence-electron chi connectivity index (χ4n) is 1.93. The molecular weight excluding hydrogens is 272 g/mol. The molecule has 1 aromatic heterocycles. The first-order chi connectivity index (χ1) is 10.0. The molecule has 0 spiro atoms. The maximum absolute atomic E-state index is 12.2. The normalized spacial score (nSPS) is 11.9. The Morgan fingerprint density at radius 3 is 2.57 bits per heavy atom. The van der Waals surface area contributed by atoms with Gasteiger partial charge in [0, 0.05) is 12.5 Å². The number of rotatable bonds is 5. The van der Waals surface area contributed by atoms with Gasteiger partial charge in [0.05, 0.1) is 0 Å². The van der Waals surface area contributed by atoms with Crippen LogP contribution in [-0.2, 0) is 4.79 Å². The van der Waals surface area contributed by atoms with Crippen molar-refractivity contribution in [2.24, 2.45) is 0 Å². The van der Waals surface area contributed by atoms with E-state index in [1.54, 1.807) is 26.0 Å². The average Bonchev–Trinajstić information content (AvgIpc) is 2.87. The molecule has 0 fully saturated rings. The van der Waals surface area contributed by atoms with Gasteiger partial charge in [0.15, 0.2) is 17.3 Å². The lowest BCUT2D eigenvalue weighted by molar-refractivity contribution is -0.139. The summed E-state index contributed by atoms with van der Waals surface area (Å²) in [6.07, 6.45) is 0.290. The molecule has 1 amide bonds. The standard InChI is InChI=1S/C15H16N2O4/c1-3-11(15(19)20)17-14(18)12-13(21-9(2)16-12)10-7-5-4-6-8-10/h4-8,11H,3H2,1-2H3,(H,17,18)(H,19,20)/t11-/m1/s1. The topological polar surface area (TPSA) is 92.4 Å². The van der Waals surface area contributed by atoms with Crippen molar-refractivity contribution in [2.75, 3.05) is 0 Å². The number of carboxylic acid groups (broad SMARTS) is 1. The van der Waals surface area contributed by atoms with Crippen LogP contribution in [0.2, 0.25) is 0 Å². The second-order valence-electron chi connectivity index (χ2n) is 4.55. The first-order valence-corrected chi connectivity index (χ1v) is 6.59. The van der Waals surface area contributed by atoms with Gasteiger partial charge in [-0.05, 0) is 6.42 Å². The molecule has 2 N–H and O–H groups in total. The van der Waals surface area contributed by atoms with Crippen LogP contribution < -0.4 is 5.32 Å². The van der Waals surface area contributed by atoms with Crippen molar-refractivity contribution >= 4 is 11.9 Å². The Labute approximate surface area is 121 Å². The summed E-state index contributed by atoms with van der Waals surface area (Å²) in [5, 5.41) is 11.4. The second-order valence-corrected chi connectivity index (χ2v) is 4.55. The maximum Gasteiger partial charge on any atom is 0.326 e. The molecule has 2 aromatic rings. The van der Waals surface area contributed by atoms with Crippen LogP contribution in [0.5, 0.6) is 0 Å². The third kappa shape index (κ3) is 3.28. The summed E-state index contributed by atoms with van der Waals surface area (Å²) in [5.41, 5.74) is 0.810. The van der Waals surface area contributed by atoms with Crippen LogP contribution in [0.1, 0.15) is 29.7 Å². The van der Waals surface area contributed by atoms with Gasteiger partial charge in [0.25, 0.3) is 5.91 Å². The van der Waals surface area contributed by atoms with Gasteiger partial charge in [-0.3, -0.25) is 4.79 Å². The van der Waals surface area contributed by atoms with Crippen molar-refractivity contribution < 1.29 is 19.1 Å². The number of carboxylic acids is 1. The molecule has 1 aromatic carbocycles. The summed E-state index contributed by atoms with van der Waals surface area (Å²) in [7, 11) is 0. The zero-order chi connectivity index (χ0) is 15.4. The highest BCUT2D eigenvalue weighted by molar-refractivity contribution is 5.99. The lowest BCUT2D eigenvalue weighted by atomic mass is 10.1. The van der Waals surface area contributed by atoms with Gasteiger partial charge in [-0.25, -0.2) is 9.78 Å². The van der Waals surface area contributed by atoms with Crippen LogP contribution in [0.15, 0.2) is 34.7 Å². The highest BCUT2D eigenvalue weighted by Crippen LogP contribution is 2.24. The third-order valence-electron chi connectivity index (χ3n) is 3.00. The molecule has 1 atom stereocenters. The number of aromatic nitrogens is 1. The molecule has 0 radical (unpaired) electrons. The molecule has 0 saturated carbocycles. The van der Waals surface area contributed by atoms with Crippen molar-refractivity contribution in [3.8, 4) is 11.3 Å². The van der Waals surface area contributed by atoms with E-state index >= 15 is 0 Å². The number of nitrogens with zero attached hydrogens (tertiary/aromatic N) is 1. The number of hydrogen-bond donors (Lipinski definition) is 2. The number of nitrogens with one attached hydrogen (secondary N) is 1. The molecular formula is C15H16N2O4. The minimum atomic E-state index is -1.08. The first-order valence-electron chi connectivity index (χ1n) is 6.59. The molecule has 1 heterocycles. The van der Waals surface area contributed by atoms with E-state index in [9.17, 15) is 9.59 Å². The maximum atomic E-state index is 12.2. The van der Waals surface area contributed by atoms with Gasteiger partial charge in [0.1, 0.15) is 6.04 Å². The van der Waals surface area contributed by atoms with Crippen LogP contribution in [-0.4, -0.2) is 28.0 Å². The number of carbonyl (C=O) groups excluding carboxylic acids is 1. The van der Waals surface area contributed by atoms with Gasteiger partial charge in [-0.2, -0.15) is 0 Å². The number of carbonyl (C=O) groups is 2. The van der Waals surface area contributed by atoms with E-state index in [1.165, 1.54) is 0 Å². The quantitative estimate of drug-likeness (QED) is 0.880. The molecule has 0 aliphatic carbocycles. The van der Waals surface area contributed by atoms with Gasteiger partial charge in [-0.1, -0.05) is 37.3 Å². The summed E-state index contributed by atoms with van der Waals surface area (Å²) in [4.78, 5) is 27.3. The van der Waals surface area contributed by atoms with Crippen LogP contribution in [0, 0.1) is 6.92 Å². The lowest BCUT2D eigenvalue weighted by Crippen LogP contribution is -2.40. The van der Waals surface area contributed by atoms with Gasteiger partial charge < -0.3 is 14.8 Å². The highest BCUT2D eigenvalue weighted by atomic mass is 16.4. The van der Waals surface area contributed by atoms with E-state index in [4.69, 9.17) is 9.52 Å². The van der Waals surface area contributed by atoms with E-state index in [-0.39, 0.29) is 5.69 Å². The number of hydrogen-bond acceptors (Lipinski definition) is 4. The third-order valence-corrected chi connectivity index (χ3v) is 3.00. The van der Waals surface area contributed by atoms with Crippen molar-refractivity contribution in [1.82, 2.24) is 10.3 Å². The molecule has 0 aliphatic rings. The van der Waals surface area contributed by atoms with Crippen LogP contribution in [0.4, 0.5) is 0 Å². The zero-order valence-corrected chi connectivity index (χ0v) is 11.8. The Hall–Kier alpha value is -2.63. The number of aliphatic carboxylic acids is 1. The van der Waals surface area contributed by atoms with Crippen LogP contribution in [0.25, 0.3) is 11.3 Å². The molecule has 2 rings (SSSR count). The summed E-state index contributed by atoms with van der Waals surface area (Å²) in [6.45, 7) is 3.32. The molecule has 0 aliphatic heterocycles. The Balaban J connectivity index is 2.32. The number of aryl methyl sites for hydroxylation is 1. The molecule has 0 bridgehead atoms. The Kier molecular flexibility index (Phi) is 4.37. The van der Waals surface area contributed by atoms with E-state index in [2.05, 4.69) is 10.3 Å². The van der Waals surface area contributed by atoms with Crippen LogP contribution >= 0.6 is 0 Å². The Bertz CT molecular complexity index is 649. The Morgan fingerprint density at radius 1 is 1.33 bits per heavy atom. The molecule has 0 unspecified atom stereocenters. The first kappa shape index (κ1) is 14.8. The Morgan fingerprint density at radius 2 is 2.00 bits per heavy atom. The summed E-state index contributed by atoms with van der Waals surface area (Å²) in [5.74, 6) is -0.944. The van der Waals surface area contributed by atoms with E-state index in [0.29, 0.717) is 23.6 Å². The van der Waals surface area contributed by atoms with E-state index in [0.717, 1.165) is 0 Å². The molecule has 21 heavy (non-hydrogen) atoms. The van der Waals surface area contributed by atoms with E-state index in [1.807, 2.05) is 18.2 Å².